The summed E-state index contributed by atoms with van der Waals surface area (Å²) in [6.45, 7) is 0. The Morgan fingerprint density at radius 1 is 1.16 bits per heavy atom. The Morgan fingerprint density at radius 2 is 1.90 bits per heavy atom. The minimum Gasteiger partial charge on any atom is -0.506 e. The van der Waals surface area contributed by atoms with Crippen molar-refractivity contribution in [3.63, 3.8) is 0 Å². The number of guanidine groups is 1. The van der Waals surface area contributed by atoms with Gasteiger partial charge in [0.15, 0.2) is 11.1 Å². The number of amidine groups is 1. The lowest BCUT2D eigenvalue weighted by Gasteiger charge is -2.09. The number of phenolic OH excluding ortho intramolecular Hbond substituents is 1. The third-order valence-corrected chi connectivity index (χ3v) is 5.35. The van der Waals surface area contributed by atoms with Gasteiger partial charge in [0.1, 0.15) is 5.75 Å². The molecule has 7 N–H and O–H groups in total. The monoisotopic (exact) mass is 454 g/mol. The summed E-state index contributed by atoms with van der Waals surface area (Å²) < 4.78 is 0. The molecule has 0 spiro atoms. The van der Waals surface area contributed by atoms with E-state index in [1.807, 2.05) is 36.4 Å². The molecule has 158 valence electrons. The summed E-state index contributed by atoms with van der Waals surface area (Å²) in [5, 5.41) is 23.3. The summed E-state index contributed by atoms with van der Waals surface area (Å²) in [6.07, 6.45) is 1.56. The molecule has 3 aromatic rings. The zero-order valence-electron chi connectivity index (χ0n) is 16.2. The van der Waals surface area contributed by atoms with Crippen LogP contribution in [0.25, 0.3) is 10.8 Å². The van der Waals surface area contributed by atoms with Crippen molar-refractivity contribution in [1.29, 1.82) is 5.41 Å². The van der Waals surface area contributed by atoms with E-state index in [0.717, 1.165) is 21.9 Å². The lowest BCUT2D eigenvalue weighted by atomic mass is 10.0. The first kappa shape index (κ1) is 22.1. The average Bonchev–Trinajstić information content (AvgIpc) is 2.74. The number of nitrogens with zero attached hydrogens (tertiary/aromatic N) is 2. The molecule has 0 aliphatic rings. The summed E-state index contributed by atoms with van der Waals surface area (Å²) in [5.41, 5.74) is 15.2. The summed E-state index contributed by atoms with van der Waals surface area (Å²) in [7, 11) is 0. The average molecular weight is 455 g/mol. The fraction of sp³-hybridized carbons (Fsp3) is 0.0476. The normalized spacial score (nSPS) is 10.9. The quantitative estimate of drug-likeness (QED) is 0.227. The molecule has 0 heterocycles. The highest BCUT2D eigenvalue weighted by Gasteiger charge is 2.09. The van der Waals surface area contributed by atoms with E-state index in [1.165, 1.54) is 30.0 Å². The second kappa shape index (κ2) is 9.96. The first-order valence-corrected chi connectivity index (χ1v) is 10.3. The van der Waals surface area contributed by atoms with Crippen LogP contribution in [0.4, 0.5) is 0 Å². The first-order valence-electron chi connectivity index (χ1n) is 8.98. The number of hydrogen-bond donors (Lipinski definition) is 5. The number of phenols is 1. The van der Waals surface area contributed by atoms with Crippen molar-refractivity contribution in [2.75, 3.05) is 0 Å². The molecule has 0 aliphatic heterocycles. The molecule has 0 saturated carbocycles. The molecule has 0 atom stereocenters. The number of benzene rings is 3. The number of aliphatic imine (C=N–C) groups is 1. The molecule has 31 heavy (non-hydrogen) atoms. The van der Waals surface area contributed by atoms with E-state index in [2.05, 4.69) is 15.5 Å². The number of hydrazone groups is 1. The molecule has 0 aromatic heterocycles. The van der Waals surface area contributed by atoms with Crippen LogP contribution in [0.3, 0.4) is 0 Å². The molecule has 0 bridgehead atoms. The smallest absolute Gasteiger partial charge is 0.271 e. The molecule has 0 unspecified atom stereocenters. The number of nitrogens with two attached hydrogens (primary N) is 2. The van der Waals surface area contributed by atoms with Crippen molar-refractivity contribution in [3.05, 3.63) is 76.3 Å². The van der Waals surface area contributed by atoms with E-state index >= 15 is 0 Å². The summed E-state index contributed by atoms with van der Waals surface area (Å²) in [4.78, 5) is 15.9. The van der Waals surface area contributed by atoms with Crippen LogP contribution in [0.2, 0.25) is 5.02 Å². The second-order valence-electron chi connectivity index (χ2n) is 6.36. The predicted octanol–water partition coefficient (Wildman–Crippen LogP) is 3.40. The molecule has 0 aliphatic carbocycles. The van der Waals surface area contributed by atoms with E-state index in [0.29, 0.717) is 5.75 Å². The number of carbonyl (C=O) groups is 1. The number of thioether (sulfide) groups is 1. The van der Waals surface area contributed by atoms with Crippen LogP contribution in [0.5, 0.6) is 5.75 Å². The van der Waals surface area contributed by atoms with Gasteiger partial charge in [0.05, 0.1) is 11.2 Å². The van der Waals surface area contributed by atoms with Crippen molar-refractivity contribution in [1.82, 2.24) is 5.43 Å². The van der Waals surface area contributed by atoms with Gasteiger partial charge in [0.2, 0.25) is 0 Å². The third-order valence-electron chi connectivity index (χ3n) is 4.22. The highest BCUT2D eigenvalue weighted by Crippen LogP contribution is 2.26. The Kier molecular flexibility index (Phi) is 7.11. The zero-order valence-corrected chi connectivity index (χ0v) is 17.7. The Labute approximate surface area is 187 Å². The Bertz CT molecular complexity index is 1210. The number of aromatic hydroxyl groups is 1. The molecule has 0 radical (unpaired) electrons. The van der Waals surface area contributed by atoms with Crippen molar-refractivity contribution in [3.8, 4) is 5.75 Å². The second-order valence-corrected chi connectivity index (χ2v) is 7.73. The van der Waals surface area contributed by atoms with Gasteiger partial charge in [-0.25, -0.2) is 5.43 Å². The lowest BCUT2D eigenvalue weighted by Crippen LogP contribution is -2.23. The Hall–Kier alpha value is -3.56. The van der Waals surface area contributed by atoms with Crippen molar-refractivity contribution < 1.29 is 9.90 Å². The van der Waals surface area contributed by atoms with Crippen LogP contribution in [-0.2, 0) is 5.75 Å². The van der Waals surface area contributed by atoms with Gasteiger partial charge in [-0.2, -0.15) is 10.1 Å². The first-order chi connectivity index (χ1) is 14.8. The van der Waals surface area contributed by atoms with E-state index in [9.17, 15) is 9.90 Å². The molecule has 3 rings (SSSR count). The van der Waals surface area contributed by atoms with Crippen LogP contribution < -0.4 is 16.9 Å². The van der Waals surface area contributed by atoms with Gasteiger partial charge < -0.3 is 16.6 Å². The highest BCUT2D eigenvalue weighted by atomic mass is 35.5. The fourth-order valence-electron chi connectivity index (χ4n) is 2.79. The molecule has 8 nitrogen and oxygen atoms in total. The molecule has 0 saturated heterocycles. The molecular weight excluding hydrogens is 436 g/mol. The maximum Gasteiger partial charge on any atom is 0.271 e. The maximum atomic E-state index is 12.2. The standard InChI is InChI=1S/C21H19ClN6O2S/c22-17-9-12(7-8-18(17)29)19(30)28-26-10-13-5-6-14(11-31-21(25)27-20(23)24)16-4-2-1-3-15(13)16/h1-10,29H,11H2,(H,28,30)(H5,23,24,25,27)/b26-10+. The lowest BCUT2D eigenvalue weighted by molar-refractivity contribution is 0.0955. The third kappa shape index (κ3) is 5.74. The fourth-order valence-corrected chi connectivity index (χ4v) is 3.69. The minimum absolute atomic E-state index is 0.0340. The molecule has 1 amide bonds. The topological polar surface area (TPSA) is 150 Å². The largest absolute Gasteiger partial charge is 0.506 e. The number of nitrogens with one attached hydrogen (secondary N) is 2. The van der Waals surface area contributed by atoms with Crippen molar-refractivity contribution in [2.45, 2.75) is 5.75 Å². The van der Waals surface area contributed by atoms with Gasteiger partial charge in [0, 0.05) is 16.9 Å². The van der Waals surface area contributed by atoms with Crippen LogP contribution in [0.15, 0.2) is 64.7 Å². The number of hydrogen-bond acceptors (Lipinski definition) is 5. The van der Waals surface area contributed by atoms with Crippen LogP contribution >= 0.6 is 23.4 Å². The maximum absolute atomic E-state index is 12.2. The minimum atomic E-state index is -0.450. The Morgan fingerprint density at radius 3 is 2.61 bits per heavy atom. The number of amides is 1. The van der Waals surface area contributed by atoms with Gasteiger partial charge in [-0.05, 0) is 34.5 Å². The highest BCUT2D eigenvalue weighted by molar-refractivity contribution is 8.13. The molecule has 10 heteroatoms. The van der Waals surface area contributed by atoms with E-state index in [-0.39, 0.29) is 27.5 Å². The van der Waals surface area contributed by atoms with Gasteiger partial charge in [0.25, 0.3) is 5.91 Å². The summed E-state index contributed by atoms with van der Waals surface area (Å²) in [5.74, 6) is -0.176. The van der Waals surface area contributed by atoms with Crippen LogP contribution in [0.1, 0.15) is 21.5 Å². The number of halogens is 1. The molecule has 0 fully saturated rings. The van der Waals surface area contributed by atoms with E-state index in [4.69, 9.17) is 28.5 Å². The van der Waals surface area contributed by atoms with Crippen molar-refractivity contribution in [2.24, 2.45) is 21.6 Å². The van der Waals surface area contributed by atoms with E-state index in [1.54, 1.807) is 6.21 Å². The predicted molar refractivity (Wildman–Crippen MR) is 127 cm³/mol. The van der Waals surface area contributed by atoms with Gasteiger partial charge in [-0.15, -0.1) is 0 Å². The van der Waals surface area contributed by atoms with Crippen LogP contribution in [0, 0.1) is 5.41 Å². The Balaban J connectivity index is 1.77. The molecule has 3 aromatic carbocycles. The number of rotatable bonds is 5. The number of carbonyl (C=O) groups excluding carboxylic acids is 1. The van der Waals surface area contributed by atoms with Gasteiger partial charge >= 0.3 is 0 Å². The zero-order chi connectivity index (χ0) is 22.4. The van der Waals surface area contributed by atoms with Crippen molar-refractivity contribution >= 4 is 57.4 Å². The SMILES string of the molecule is N=C(N=C(N)N)SCc1ccc(/C=N/NC(=O)c2ccc(O)c(Cl)c2)c2ccccc12. The molecular formula is C21H19ClN6O2S. The van der Waals surface area contributed by atoms with E-state index < -0.39 is 5.91 Å². The van der Waals surface area contributed by atoms with Crippen LogP contribution in [-0.4, -0.2) is 28.4 Å². The summed E-state index contributed by atoms with van der Waals surface area (Å²) in [6, 6.07) is 15.7. The number of fused-ring (bicyclic) bond motifs is 1. The summed E-state index contributed by atoms with van der Waals surface area (Å²) >= 11 is 7.05. The van der Waals surface area contributed by atoms with Gasteiger partial charge in [-0.3, -0.25) is 10.2 Å². The van der Waals surface area contributed by atoms with Gasteiger partial charge in [-0.1, -0.05) is 59.8 Å².